The molecule has 176 valence electrons. The van der Waals surface area contributed by atoms with E-state index in [0.717, 1.165) is 52.2 Å². The second-order valence-electron chi connectivity index (χ2n) is 9.49. The van der Waals surface area contributed by atoms with Crippen molar-refractivity contribution in [3.8, 4) is 28.3 Å². The molecule has 4 aromatic rings. The van der Waals surface area contributed by atoms with Gasteiger partial charge in [-0.3, -0.25) is 4.68 Å². The Morgan fingerprint density at radius 2 is 2.12 bits per heavy atom. The van der Waals surface area contributed by atoms with Gasteiger partial charge in [-0.1, -0.05) is 12.1 Å². The summed E-state index contributed by atoms with van der Waals surface area (Å²) in [5, 5.41) is 7.24. The molecule has 0 spiro atoms. The molecule has 1 atom stereocenters. The maximum atomic E-state index is 12.4. The maximum absolute atomic E-state index is 12.4. The lowest BCUT2D eigenvalue weighted by atomic mass is 9.98. The van der Waals surface area contributed by atoms with Crippen molar-refractivity contribution in [2.75, 3.05) is 6.61 Å². The fourth-order valence-electron chi connectivity index (χ4n) is 4.17. The van der Waals surface area contributed by atoms with Crippen LogP contribution in [0.2, 0.25) is 0 Å². The summed E-state index contributed by atoms with van der Waals surface area (Å²) >= 11 is 0. The molecular formula is C25H28N6O3. The number of hydrogen-bond donors (Lipinski definition) is 2. The molecule has 3 aromatic heterocycles. The van der Waals surface area contributed by atoms with Gasteiger partial charge >= 0.3 is 6.09 Å². The van der Waals surface area contributed by atoms with Crippen LogP contribution in [0.25, 0.3) is 33.7 Å². The van der Waals surface area contributed by atoms with Gasteiger partial charge in [0.2, 0.25) is 0 Å². The number of nitrogens with one attached hydrogen (secondary N) is 2. The number of benzene rings is 1. The van der Waals surface area contributed by atoms with Gasteiger partial charge in [-0.15, -0.1) is 0 Å². The Labute approximate surface area is 197 Å². The normalized spacial score (nSPS) is 15.9. The first-order valence-electron chi connectivity index (χ1n) is 11.4. The summed E-state index contributed by atoms with van der Waals surface area (Å²) in [5.41, 5.74) is 4.72. The number of ether oxygens (including phenoxy) is 2. The SMILES string of the molecule is Cn1cc(-c2nc3nccc(-c4ccc5c(c4)OCCCC5NC(=O)OC(C)(C)C)c3[nH]2)cn1. The molecule has 0 radical (unpaired) electrons. The van der Waals surface area contributed by atoms with Crippen molar-refractivity contribution in [3.05, 3.63) is 48.4 Å². The zero-order valence-corrected chi connectivity index (χ0v) is 19.8. The lowest BCUT2D eigenvalue weighted by Gasteiger charge is -2.23. The van der Waals surface area contributed by atoms with Gasteiger partial charge in [0.05, 0.1) is 29.9 Å². The minimum absolute atomic E-state index is 0.178. The van der Waals surface area contributed by atoms with E-state index >= 15 is 0 Å². The van der Waals surface area contributed by atoms with E-state index < -0.39 is 11.7 Å². The topological polar surface area (TPSA) is 107 Å². The summed E-state index contributed by atoms with van der Waals surface area (Å²) < 4.78 is 13.3. The number of amides is 1. The zero-order valence-electron chi connectivity index (χ0n) is 19.8. The molecule has 0 aliphatic carbocycles. The number of aryl methyl sites for hydroxylation is 1. The van der Waals surface area contributed by atoms with E-state index in [-0.39, 0.29) is 6.04 Å². The summed E-state index contributed by atoms with van der Waals surface area (Å²) in [7, 11) is 1.87. The molecule has 1 unspecified atom stereocenters. The fraction of sp³-hybridized carbons (Fsp3) is 0.360. The first-order chi connectivity index (χ1) is 16.3. The number of aromatic nitrogens is 5. The number of carbonyl (C=O) groups is 1. The highest BCUT2D eigenvalue weighted by molar-refractivity contribution is 5.91. The Morgan fingerprint density at radius 1 is 1.26 bits per heavy atom. The van der Waals surface area contributed by atoms with Crippen LogP contribution in [-0.4, -0.2) is 43.0 Å². The Morgan fingerprint density at radius 3 is 2.88 bits per heavy atom. The average molecular weight is 461 g/mol. The van der Waals surface area contributed by atoms with Crippen molar-refractivity contribution in [2.45, 2.75) is 45.3 Å². The fourth-order valence-corrected chi connectivity index (χ4v) is 4.17. The summed E-state index contributed by atoms with van der Waals surface area (Å²) in [6.45, 7) is 6.15. The first kappa shape index (κ1) is 21.9. The van der Waals surface area contributed by atoms with Crippen LogP contribution in [0.15, 0.2) is 42.9 Å². The smallest absolute Gasteiger partial charge is 0.408 e. The molecule has 5 rings (SSSR count). The van der Waals surface area contributed by atoms with E-state index in [9.17, 15) is 4.79 Å². The number of hydrogen-bond acceptors (Lipinski definition) is 6. The number of pyridine rings is 1. The summed E-state index contributed by atoms with van der Waals surface area (Å²) in [5.74, 6) is 1.48. The number of carbonyl (C=O) groups excluding carboxylic acids is 1. The number of H-pyrrole nitrogens is 1. The van der Waals surface area contributed by atoms with Crippen LogP contribution < -0.4 is 10.1 Å². The van der Waals surface area contributed by atoms with Gasteiger partial charge in [-0.2, -0.15) is 5.10 Å². The summed E-state index contributed by atoms with van der Waals surface area (Å²) in [6.07, 6.45) is 6.62. The molecule has 1 aliphatic rings. The van der Waals surface area contributed by atoms with Gasteiger partial charge in [-0.05, 0) is 51.3 Å². The summed E-state index contributed by atoms with van der Waals surface area (Å²) in [6, 6.07) is 7.86. The Bertz CT molecular complexity index is 1350. The predicted octanol–water partition coefficient (Wildman–Crippen LogP) is 4.76. The molecule has 0 saturated carbocycles. The molecule has 34 heavy (non-hydrogen) atoms. The minimum Gasteiger partial charge on any atom is -0.493 e. The largest absolute Gasteiger partial charge is 0.493 e. The lowest BCUT2D eigenvalue weighted by Crippen LogP contribution is -2.34. The second kappa shape index (κ2) is 8.48. The van der Waals surface area contributed by atoms with Crippen LogP contribution in [0.1, 0.15) is 45.2 Å². The van der Waals surface area contributed by atoms with E-state index in [1.807, 2.05) is 58.3 Å². The average Bonchev–Trinajstić information content (AvgIpc) is 3.35. The zero-order chi connectivity index (χ0) is 23.9. The molecule has 0 fully saturated rings. The van der Waals surface area contributed by atoms with E-state index in [0.29, 0.717) is 12.3 Å². The number of rotatable bonds is 3. The third-order valence-corrected chi connectivity index (χ3v) is 5.66. The molecule has 1 aliphatic heterocycles. The second-order valence-corrected chi connectivity index (χ2v) is 9.49. The van der Waals surface area contributed by atoms with Gasteiger partial charge in [0, 0.05) is 30.6 Å². The predicted molar refractivity (Wildman–Crippen MR) is 128 cm³/mol. The van der Waals surface area contributed by atoms with Crippen LogP contribution in [0, 0.1) is 0 Å². The molecule has 9 nitrogen and oxygen atoms in total. The molecule has 1 amide bonds. The van der Waals surface area contributed by atoms with Gasteiger partial charge in [0.25, 0.3) is 0 Å². The van der Waals surface area contributed by atoms with Crippen LogP contribution in [-0.2, 0) is 11.8 Å². The number of aromatic amines is 1. The highest BCUT2D eigenvalue weighted by Crippen LogP contribution is 2.37. The standard InChI is InChI=1S/C25H28N6O3/c1-25(2,3)34-24(32)28-19-6-5-11-33-20-12-15(7-8-18(19)20)17-9-10-26-23-21(17)29-22(30-23)16-13-27-31(4)14-16/h7-10,12-14,19H,5-6,11H2,1-4H3,(H,28,32)(H,26,29,30). The van der Waals surface area contributed by atoms with Gasteiger partial charge in [0.1, 0.15) is 17.2 Å². The van der Waals surface area contributed by atoms with Crippen molar-refractivity contribution < 1.29 is 14.3 Å². The third kappa shape index (κ3) is 4.46. The van der Waals surface area contributed by atoms with Crippen LogP contribution in [0.3, 0.4) is 0 Å². The van der Waals surface area contributed by atoms with Crippen molar-refractivity contribution in [1.82, 2.24) is 30.0 Å². The number of imidazole rings is 1. The number of fused-ring (bicyclic) bond motifs is 2. The van der Waals surface area contributed by atoms with E-state index in [2.05, 4.69) is 25.4 Å². The minimum atomic E-state index is -0.552. The van der Waals surface area contributed by atoms with Crippen molar-refractivity contribution in [1.29, 1.82) is 0 Å². The van der Waals surface area contributed by atoms with Crippen molar-refractivity contribution in [2.24, 2.45) is 7.05 Å². The van der Waals surface area contributed by atoms with Gasteiger partial charge in [-0.25, -0.2) is 14.8 Å². The molecule has 0 saturated heterocycles. The van der Waals surface area contributed by atoms with Crippen molar-refractivity contribution in [3.63, 3.8) is 0 Å². The summed E-state index contributed by atoms with van der Waals surface area (Å²) in [4.78, 5) is 24.9. The maximum Gasteiger partial charge on any atom is 0.408 e. The van der Waals surface area contributed by atoms with Crippen LogP contribution in [0.5, 0.6) is 5.75 Å². The number of nitrogens with zero attached hydrogens (tertiary/aromatic N) is 4. The van der Waals surface area contributed by atoms with Crippen LogP contribution in [0.4, 0.5) is 4.79 Å². The van der Waals surface area contributed by atoms with E-state index in [1.165, 1.54) is 0 Å². The monoisotopic (exact) mass is 460 g/mol. The van der Waals surface area contributed by atoms with Crippen molar-refractivity contribution >= 4 is 17.3 Å². The van der Waals surface area contributed by atoms with E-state index in [4.69, 9.17) is 9.47 Å². The Kier molecular flexibility index (Phi) is 5.47. The third-order valence-electron chi connectivity index (χ3n) is 5.66. The molecular weight excluding hydrogens is 432 g/mol. The molecule has 4 heterocycles. The first-order valence-corrected chi connectivity index (χ1v) is 11.4. The molecule has 1 aromatic carbocycles. The lowest BCUT2D eigenvalue weighted by molar-refractivity contribution is 0.0501. The Hall–Kier alpha value is -3.88. The van der Waals surface area contributed by atoms with E-state index in [1.54, 1.807) is 17.1 Å². The van der Waals surface area contributed by atoms with Gasteiger partial charge < -0.3 is 19.8 Å². The van der Waals surface area contributed by atoms with Crippen LogP contribution >= 0.6 is 0 Å². The Balaban J connectivity index is 1.48. The quantitative estimate of drug-likeness (QED) is 0.456. The molecule has 0 bridgehead atoms. The van der Waals surface area contributed by atoms with Gasteiger partial charge in [0.15, 0.2) is 5.65 Å². The molecule has 2 N–H and O–H groups in total. The molecule has 9 heteroatoms. The highest BCUT2D eigenvalue weighted by atomic mass is 16.6. The highest BCUT2D eigenvalue weighted by Gasteiger charge is 2.25. The number of alkyl carbamates (subject to hydrolysis) is 1.